The molecule has 0 radical (unpaired) electrons. The summed E-state index contributed by atoms with van der Waals surface area (Å²) in [5.41, 5.74) is -1.01. The van der Waals surface area contributed by atoms with E-state index in [1.807, 2.05) is 6.92 Å². The van der Waals surface area contributed by atoms with E-state index in [0.717, 1.165) is 12.8 Å². The minimum atomic E-state index is -1.01. The zero-order chi connectivity index (χ0) is 19.8. The van der Waals surface area contributed by atoms with Gasteiger partial charge in [0.25, 0.3) is 0 Å². The average molecular weight is 374 g/mol. The van der Waals surface area contributed by atoms with Gasteiger partial charge in [0.05, 0.1) is 0 Å². The predicted molar refractivity (Wildman–Crippen MR) is 107 cm³/mol. The summed E-state index contributed by atoms with van der Waals surface area (Å²) in [6, 6.07) is 0. The quantitative estimate of drug-likeness (QED) is 0.152. The molecule has 0 bridgehead atoms. The van der Waals surface area contributed by atoms with Crippen LogP contribution in [-0.2, 0) is 9.68 Å². The van der Waals surface area contributed by atoms with Crippen LogP contribution in [0.15, 0.2) is 0 Å². The second-order valence-corrected chi connectivity index (χ2v) is 7.78. The second-order valence-electron chi connectivity index (χ2n) is 7.78. The standard InChI is InChI=1S/C21H43NO4/c1-5-7-8-9-10-11-12-13-14-15-16-17-18-19(23)22(4)21(3,6-2)20(24)26-25/h19,23,25H,5-18H2,1-4H3. The van der Waals surface area contributed by atoms with Crippen molar-refractivity contribution < 1.29 is 20.0 Å². The molecule has 0 fully saturated rings. The van der Waals surface area contributed by atoms with Gasteiger partial charge in [0, 0.05) is 0 Å². The third-order valence-electron chi connectivity index (χ3n) is 5.75. The lowest BCUT2D eigenvalue weighted by Gasteiger charge is -2.37. The molecule has 0 aliphatic rings. The van der Waals surface area contributed by atoms with Crippen LogP contribution in [0.4, 0.5) is 0 Å². The van der Waals surface area contributed by atoms with Crippen LogP contribution in [0.1, 0.15) is 111 Å². The van der Waals surface area contributed by atoms with Crippen LogP contribution < -0.4 is 0 Å². The van der Waals surface area contributed by atoms with Gasteiger partial charge in [-0.15, -0.1) is 0 Å². The van der Waals surface area contributed by atoms with Gasteiger partial charge in [0.15, 0.2) is 0 Å². The summed E-state index contributed by atoms with van der Waals surface area (Å²) < 4.78 is 0. The fourth-order valence-corrected chi connectivity index (χ4v) is 3.33. The van der Waals surface area contributed by atoms with Crippen LogP contribution in [0.25, 0.3) is 0 Å². The molecule has 0 aromatic heterocycles. The van der Waals surface area contributed by atoms with Gasteiger partial charge in [-0.25, -0.2) is 4.79 Å². The number of aliphatic hydroxyl groups excluding tert-OH is 1. The number of carbonyl (C=O) groups excluding carboxylic acids is 1. The Balaban J connectivity index is 3.73. The van der Waals surface area contributed by atoms with E-state index in [0.29, 0.717) is 12.8 Å². The number of hydrogen-bond acceptors (Lipinski definition) is 5. The number of carbonyl (C=O) groups is 1. The van der Waals surface area contributed by atoms with E-state index in [1.165, 1.54) is 64.2 Å². The molecule has 0 saturated carbocycles. The highest BCUT2D eigenvalue weighted by atomic mass is 17.1. The third kappa shape index (κ3) is 9.89. The Labute approximate surface area is 161 Å². The van der Waals surface area contributed by atoms with Gasteiger partial charge >= 0.3 is 5.97 Å². The lowest BCUT2D eigenvalue weighted by molar-refractivity contribution is -0.249. The first-order chi connectivity index (χ1) is 12.4. The zero-order valence-electron chi connectivity index (χ0n) is 17.6. The zero-order valence-corrected chi connectivity index (χ0v) is 17.6. The van der Waals surface area contributed by atoms with Crippen molar-refractivity contribution in [1.82, 2.24) is 4.90 Å². The van der Waals surface area contributed by atoms with Crippen LogP contribution in [0, 0.1) is 0 Å². The summed E-state index contributed by atoms with van der Waals surface area (Å²) in [4.78, 5) is 17.3. The van der Waals surface area contributed by atoms with Gasteiger partial charge in [-0.1, -0.05) is 84.5 Å². The largest absolute Gasteiger partial charge is 0.378 e. The Morgan fingerprint density at radius 3 is 1.73 bits per heavy atom. The molecule has 0 saturated heterocycles. The number of hydrogen-bond donors (Lipinski definition) is 2. The van der Waals surface area contributed by atoms with Crippen molar-refractivity contribution >= 4 is 5.97 Å². The van der Waals surface area contributed by atoms with Gasteiger partial charge < -0.3 is 5.11 Å². The first-order valence-corrected chi connectivity index (χ1v) is 10.7. The Kier molecular flexibility index (Phi) is 15.0. The van der Waals surface area contributed by atoms with Gasteiger partial charge in [0.1, 0.15) is 11.8 Å². The first-order valence-electron chi connectivity index (χ1n) is 10.7. The van der Waals surface area contributed by atoms with E-state index in [-0.39, 0.29) is 0 Å². The van der Waals surface area contributed by atoms with E-state index >= 15 is 0 Å². The van der Waals surface area contributed by atoms with Gasteiger partial charge in [-0.2, -0.15) is 5.26 Å². The minimum absolute atomic E-state index is 0.457. The summed E-state index contributed by atoms with van der Waals surface area (Å²) in [5, 5.41) is 19.0. The van der Waals surface area contributed by atoms with Crippen molar-refractivity contribution in [3.63, 3.8) is 0 Å². The van der Waals surface area contributed by atoms with Crippen LogP contribution in [0.5, 0.6) is 0 Å². The lowest BCUT2D eigenvalue weighted by Crippen LogP contribution is -2.54. The fraction of sp³-hybridized carbons (Fsp3) is 0.952. The van der Waals surface area contributed by atoms with Crippen LogP contribution in [-0.4, -0.2) is 40.0 Å². The lowest BCUT2D eigenvalue weighted by atomic mass is 9.96. The summed E-state index contributed by atoms with van der Waals surface area (Å²) >= 11 is 0. The monoisotopic (exact) mass is 373 g/mol. The topological polar surface area (TPSA) is 70.0 Å². The van der Waals surface area contributed by atoms with Gasteiger partial charge in [-0.3, -0.25) is 9.79 Å². The maximum absolute atomic E-state index is 11.8. The molecule has 5 heteroatoms. The molecule has 0 rings (SSSR count). The van der Waals surface area contributed by atoms with Gasteiger partial charge in [-0.05, 0) is 33.2 Å². The normalized spacial score (nSPS) is 15.0. The number of nitrogens with zero attached hydrogens (tertiary/aromatic N) is 1. The average Bonchev–Trinajstić information content (AvgIpc) is 2.66. The molecular weight excluding hydrogens is 330 g/mol. The molecule has 2 atom stereocenters. The predicted octanol–water partition coefficient (Wildman–Crippen LogP) is 5.51. The SMILES string of the molecule is CCCCCCCCCCCCCCC(O)N(C)C(C)(CC)C(=O)OO. The molecule has 5 nitrogen and oxygen atoms in total. The number of likely N-dealkylation sites (N-methyl/N-ethyl adjacent to an activating group) is 1. The molecule has 156 valence electrons. The van der Waals surface area contributed by atoms with Gasteiger partial charge in [0.2, 0.25) is 0 Å². The molecule has 0 aromatic rings. The Hall–Kier alpha value is -0.650. The maximum atomic E-state index is 11.8. The van der Waals surface area contributed by atoms with E-state index in [4.69, 9.17) is 5.26 Å². The van der Waals surface area contributed by atoms with Crippen LogP contribution in [0.3, 0.4) is 0 Å². The summed E-state index contributed by atoms with van der Waals surface area (Å²) in [6.07, 6.45) is 15.8. The Morgan fingerprint density at radius 2 is 1.35 bits per heavy atom. The van der Waals surface area contributed by atoms with Crippen molar-refractivity contribution in [3.05, 3.63) is 0 Å². The highest BCUT2D eigenvalue weighted by Gasteiger charge is 2.40. The molecular formula is C21H43NO4. The molecule has 2 N–H and O–H groups in total. The van der Waals surface area contributed by atoms with Crippen molar-refractivity contribution in [2.75, 3.05) is 7.05 Å². The molecule has 0 amide bonds. The van der Waals surface area contributed by atoms with E-state index in [9.17, 15) is 9.90 Å². The van der Waals surface area contributed by atoms with Crippen molar-refractivity contribution in [1.29, 1.82) is 0 Å². The number of rotatable bonds is 17. The minimum Gasteiger partial charge on any atom is -0.378 e. The highest BCUT2D eigenvalue weighted by molar-refractivity contribution is 5.79. The van der Waals surface area contributed by atoms with Crippen molar-refractivity contribution in [2.24, 2.45) is 0 Å². The van der Waals surface area contributed by atoms with E-state index in [2.05, 4.69) is 11.8 Å². The van der Waals surface area contributed by atoms with Crippen LogP contribution >= 0.6 is 0 Å². The maximum Gasteiger partial charge on any atom is 0.361 e. The summed E-state index contributed by atoms with van der Waals surface area (Å²) in [6.45, 7) is 5.77. The molecule has 0 aliphatic carbocycles. The Morgan fingerprint density at radius 1 is 0.923 bits per heavy atom. The smallest absolute Gasteiger partial charge is 0.361 e. The first kappa shape index (κ1) is 25.4. The third-order valence-corrected chi connectivity index (χ3v) is 5.75. The fourth-order valence-electron chi connectivity index (χ4n) is 3.33. The molecule has 0 aromatic carbocycles. The molecule has 0 aliphatic heterocycles. The molecule has 0 heterocycles. The summed E-state index contributed by atoms with van der Waals surface area (Å²) in [5.74, 6) is -0.726. The second kappa shape index (κ2) is 15.4. The molecule has 2 unspecified atom stereocenters. The van der Waals surface area contributed by atoms with Crippen LogP contribution in [0.2, 0.25) is 0 Å². The van der Waals surface area contributed by atoms with E-state index < -0.39 is 17.7 Å². The Bertz CT molecular complexity index is 351. The highest BCUT2D eigenvalue weighted by Crippen LogP contribution is 2.23. The van der Waals surface area contributed by atoms with E-state index in [1.54, 1.807) is 18.9 Å². The van der Waals surface area contributed by atoms with Crippen molar-refractivity contribution in [3.8, 4) is 0 Å². The summed E-state index contributed by atoms with van der Waals surface area (Å²) in [7, 11) is 1.70. The molecule has 26 heavy (non-hydrogen) atoms. The number of aliphatic hydroxyl groups is 1. The molecule has 0 spiro atoms. The number of unbranched alkanes of at least 4 members (excludes halogenated alkanes) is 11. The van der Waals surface area contributed by atoms with Crippen molar-refractivity contribution in [2.45, 2.75) is 122 Å².